The van der Waals surface area contributed by atoms with E-state index in [2.05, 4.69) is 24.5 Å². The van der Waals surface area contributed by atoms with Gasteiger partial charge in [0.2, 0.25) is 0 Å². The molecular weight excluding hydrogens is 392 g/mol. The molecule has 0 aliphatic heterocycles. The van der Waals surface area contributed by atoms with E-state index in [4.69, 9.17) is 21.4 Å². The first-order chi connectivity index (χ1) is 13.9. The number of rotatable bonds is 9. The molecule has 154 valence electrons. The number of ether oxygens (including phenoxy) is 1. The first kappa shape index (κ1) is 22.5. The van der Waals surface area contributed by atoms with Crippen LogP contribution in [0.2, 0.25) is 5.02 Å². The first-order valence-corrected chi connectivity index (χ1v) is 9.67. The number of aliphatic hydroxyl groups excluding tert-OH is 1. The Morgan fingerprint density at radius 2 is 1.76 bits per heavy atom. The van der Waals surface area contributed by atoms with Gasteiger partial charge in [0, 0.05) is 17.1 Å². The number of carbonyl (C=O) groups is 2. The van der Waals surface area contributed by atoms with Gasteiger partial charge in [-0.05, 0) is 54.0 Å². The summed E-state index contributed by atoms with van der Waals surface area (Å²) in [5.41, 5.74) is 1.14. The fourth-order valence-electron chi connectivity index (χ4n) is 2.31. The number of benzene rings is 2. The van der Waals surface area contributed by atoms with Crippen molar-refractivity contribution in [2.24, 2.45) is 5.92 Å². The van der Waals surface area contributed by atoms with Crippen LogP contribution in [0.25, 0.3) is 6.08 Å². The molecule has 0 spiro atoms. The monoisotopic (exact) mass is 416 g/mol. The lowest BCUT2D eigenvalue weighted by molar-refractivity contribution is -0.117. The predicted octanol–water partition coefficient (Wildman–Crippen LogP) is 3.25. The fourth-order valence-corrected chi connectivity index (χ4v) is 2.43. The number of hydrogen-bond acceptors (Lipinski definition) is 4. The molecule has 6 nitrogen and oxygen atoms in total. The number of amides is 2. The van der Waals surface area contributed by atoms with Gasteiger partial charge >= 0.3 is 0 Å². The van der Waals surface area contributed by atoms with E-state index >= 15 is 0 Å². The second-order valence-electron chi connectivity index (χ2n) is 6.77. The Kier molecular flexibility index (Phi) is 8.70. The summed E-state index contributed by atoms with van der Waals surface area (Å²) >= 11 is 5.89. The molecule has 2 aromatic carbocycles. The first-order valence-electron chi connectivity index (χ1n) is 9.29. The molecule has 7 heteroatoms. The SMILES string of the molecule is CC(C)COc1ccc(C(=O)N/C(=C\c2ccc(Cl)cc2)C(=O)NCCO)cc1. The third kappa shape index (κ3) is 7.60. The van der Waals surface area contributed by atoms with Crippen LogP contribution >= 0.6 is 11.6 Å². The van der Waals surface area contributed by atoms with Gasteiger partial charge in [-0.15, -0.1) is 0 Å². The lowest BCUT2D eigenvalue weighted by Gasteiger charge is -2.12. The van der Waals surface area contributed by atoms with Crippen LogP contribution in [0, 0.1) is 5.92 Å². The highest BCUT2D eigenvalue weighted by atomic mass is 35.5. The third-order valence-corrected chi connectivity index (χ3v) is 4.02. The van der Waals surface area contributed by atoms with E-state index in [9.17, 15) is 9.59 Å². The summed E-state index contributed by atoms with van der Waals surface area (Å²) in [7, 11) is 0. The average Bonchev–Trinajstić information content (AvgIpc) is 2.71. The van der Waals surface area contributed by atoms with Gasteiger partial charge in [0.1, 0.15) is 11.4 Å². The highest BCUT2D eigenvalue weighted by Gasteiger charge is 2.14. The Labute approximate surface area is 175 Å². The Morgan fingerprint density at radius 3 is 2.34 bits per heavy atom. The standard InChI is InChI=1S/C22H25ClN2O4/c1-15(2)14-29-19-9-5-17(6-10-19)21(27)25-20(22(28)24-11-12-26)13-16-3-7-18(23)8-4-16/h3-10,13,15,26H,11-12,14H2,1-2H3,(H,24,28)(H,25,27)/b20-13-. The van der Waals surface area contributed by atoms with E-state index in [-0.39, 0.29) is 18.8 Å². The maximum absolute atomic E-state index is 12.6. The predicted molar refractivity (Wildman–Crippen MR) is 114 cm³/mol. The van der Waals surface area contributed by atoms with Crippen molar-refractivity contribution in [2.45, 2.75) is 13.8 Å². The Bertz CT molecular complexity index is 846. The number of halogens is 1. The molecule has 0 unspecified atom stereocenters. The van der Waals surface area contributed by atoms with Crippen molar-refractivity contribution in [1.29, 1.82) is 0 Å². The Balaban J connectivity index is 2.15. The van der Waals surface area contributed by atoms with Crippen LogP contribution in [-0.2, 0) is 4.79 Å². The van der Waals surface area contributed by atoms with E-state index in [1.165, 1.54) is 0 Å². The van der Waals surface area contributed by atoms with Gasteiger partial charge in [-0.2, -0.15) is 0 Å². The molecule has 0 aromatic heterocycles. The molecule has 2 rings (SSSR count). The summed E-state index contributed by atoms with van der Waals surface area (Å²) in [6.07, 6.45) is 1.54. The molecule has 2 amide bonds. The lowest BCUT2D eigenvalue weighted by Crippen LogP contribution is -2.36. The van der Waals surface area contributed by atoms with Crippen LogP contribution in [0.4, 0.5) is 0 Å². The van der Waals surface area contributed by atoms with Crippen molar-refractivity contribution in [1.82, 2.24) is 10.6 Å². The van der Waals surface area contributed by atoms with E-state index < -0.39 is 11.8 Å². The number of nitrogens with one attached hydrogen (secondary N) is 2. The topological polar surface area (TPSA) is 87.7 Å². The minimum Gasteiger partial charge on any atom is -0.493 e. The molecule has 0 saturated heterocycles. The van der Waals surface area contributed by atoms with Crippen LogP contribution in [0.5, 0.6) is 5.75 Å². The molecule has 0 bridgehead atoms. The van der Waals surface area contributed by atoms with Crippen LogP contribution in [0.15, 0.2) is 54.2 Å². The maximum atomic E-state index is 12.6. The van der Waals surface area contributed by atoms with E-state index in [1.807, 2.05) is 0 Å². The Hall–Kier alpha value is -2.83. The van der Waals surface area contributed by atoms with Crippen LogP contribution in [0.3, 0.4) is 0 Å². The maximum Gasteiger partial charge on any atom is 0.267 e. The average molecular weight is 417 g/mol. The van der Waals surface area contributed by atoms with Crippen LogP contribution < -0.4 is 15.4 Å². The normalized spacial score (nSPS) is 11.3. The van der Waals surface area contributed by atoms with Gasteiger partial charge in [0.05, 0.1) is 13.2 Å². The summed E-state index contributed by atoms with van der Waals surface area (Å²) in [6, 6.07) is 13.5. The Morgan fingerprint density at radius 1 is 1.10 bits per heavy atom. The zero-order valence-electron chi connectivity index (χ0n) is 16.4. The molecule has 0 fully saturated rings. The van der Waals surface area contributed by atoms with Crippen LogP contribution in [0.1, 0.15) is 29.8 Å². The summed E-state index contributed by atoms with van der Waals surface area (Å²) in [4.78, 5) is 25.0. The summed E-state index contributed by atoms with van der Waals surface area (Å²) in [5, 5.41) is 14.7. The van der Waals surface area contributed by atoms with Crippen molar-refractivity contribution in [3.05, 3.63) is 70.4 Å². The molecule has 0 aliphatic rings. The van der Waals surface area contributed by atoms with Gasteiger partial charge in [-0.3, -0.25) is 9.59 Å². The molecule has 29 heavy (non-hydrogen) atoms. The van der Waals surface area contributed by atoms with Crippen molar-refractivity contribution in [2.75, 3.05) is 19.8 Å². The smallest absolute Gasteiger partial charge is 0.267 e. The number of carbonyl (C=O) groups excluding carboxylic acids is 2. The van der Waals surface area contributed by atoms with E-state index in [0.29, 0.717) is 34.4 Å². The molecular formula is C22H25ClN2O4. The van der Waals surface area contributed by atoms with E-state index in [1.54, 1.807) is 54.6 Å². The quantitative estimate of drug-likeness (QED) is 0.547. The molecule has 3 N–H and O–H groups in total. The summed E-state index contributed by atoms with van der Waals surface area (Å²) in [5.74, 6) is 0.142. The van der Waals surface area contributed by atoms with Crippen molar-refractivity contribution < 1.29 is 19.4 Å². The number of hydrogen-bond donors (Lipinski definition) is 3. The highest BCUT2D eigenvalue weighted by molar-refractivity contribution is 6.30. The van der Waals surface area contributed by atoms with Gasteiger partial charge in [0.15, 0.2) is 0 Å². The van der Waals surface area contributed by atoms with Gasteiger partial charge in [-0.1, -0.05) is 37.6 Å². The van der Waals surface area contributed by atoms with Crippen LogP contribution in [-0.4, -0.2) is 36.7 Å². The van der Waals surface area contributed by atoms with Gasteiger partial charge in [0.25, 0.3) is 11.8 Å². The molecule has 0 atom stereocenters. The summed E-state index contributed by atoms with van der Waals surface area (Å²) in [6.45, 7) is 4.57. The minimum atomic E-state index is -0.501. The fraction of sp³-hybridized carbons (Fsp3) is 0.273. The molecule has 0 saturated carbocycles. The highest BCUT2D eigenvalue weighted by Crippen LogP contribution is 2.15. The molecule has 0 radical (unpaired) electrons. The van der Waals surface area contributed by atoms with Crippen molar-refractivity contribution >= 4 is 29.5 Å². The zero-order chi connectivity index (χ0) is 21.2. The minimum absolute atomic E-state index is 0.0610. The molecule has 2 aromatic rings. The second-order valence-corrected chi connectivity index (χ2v) is 7.21. The molecule has 0 heterocycles. The third-order valence-electron chi connectivity index (χ3n) is 3.77. The zero-order valence-corrected chi connectivity index (χ0v) is 17.2. The van der Waals surface area contributed by atoms with Gasteiger partial charge < -0.3 is 20.5 Å². The van der Waals surface area contributed by atoms with Crippen molar-refractivity contribution in [3.63, 3.8) is 0 Å². The van der Waals surface area contributed by atoms with Gasteiger partial charge in [-0.25, -0.2) is 0 Å². The van der Waals surface area contributed by atoms with Crippen molar-refractivity contribution in [3.8, 4) is 5.75 Å². The largest absolute Gasteiger partial charge is 0.493 e. The summed E-state index contributed by atoms with van der Waals surface area (Å²) < 4.78 is 5.61. The molecule has 0 aliphatic carbocycles. The lowest BCUT2D eigenvalue weighted by atomic mass is 10.1. The number of aliphatic hydroxyl groups is 1. The second kappa shape index (κ2) is 11.2. The van der Waals surface area contributed by atoms with E-state index in [0.717, 1.165) is 0 Å².